The van der Waals surface area contributed by atoms with E-state index in [1.165, 1.54) is 48.9 Å². The Balaban J connectivity index is 1.73. The van der Waals surface area contributed by atoms with Crippen LogP contribution in [0.1, 0.15) is 22.7 Å². The van der Waals surface area contributed by atoms with Gasteiger partial charge in [-0.3, -0.25) is 19.6 Å². The van der Waals surface area contributed by atoms with E-state index in [2.05, 4.69) is 15.3 Å². The Morgan fingerprint density at radius 2 is 1.71 bits per heavy atom. The largest absolute Gasteiger partial charge is 0.486 e. The standard InChI is InChI=1S/C24H21F3N4O4/c25-24(26,27)23(33)31(15-16-5-8-28-9-6-16)21(22(32)30-14-17-2-1-7-29-13-17)18-3-4-19-20(12-18)35-11-10-34-19/h1-9,12-13,21H,10-11,14-15H2,(H,30,32). The monoisotopic (exact) mass is 486 g/mol. The summed E-state index contributed by atoms with van der Waals surface area (Å²) < 4.78 is 52.1. The number of aromatic nitrogens is 2. The Morgan fingerprint density at radius 1 is 0.971 bits per heavy atom. The van der Waals surface area contributed by atoms with Crippen LogP contribution in [0.5, 0.6) is 11.5 Å². The van der Waals surface area contributed by atoms with Crippen molar-refractivity contribution in [3.63, 3.8) is 0 Å². The second-order valence-corrected chi connectivity index (χ2v) is 7.67. The van der Waals surface area contributed by atoms with E-state index in [4.69, 9.17) is 9.47 Å². The third-order valence-corrected chi connectivity index (χ3v) is 5.24. The van der Waals surface area contributed by atoms with E-state index in [0.29, 0.717) is 28.4 Å². The number of nitrogens with one attached hydrogen (secondary N) is 1. The Bertz CT molecular complexity index is 1180. The van der Waals surface area contributed by atoms with Crippen LogP contribution in [0, 0.1) is 0 Å². The average molecular weight is 486 g/mol. The maximum Gasteiger partial charge on any atom is 0.471 e. The van der Waals surface area contributed by atoms with Crippen molar-refractivity contribution in [2.45, 2.75) is 25.3 Å². The fourth-order valence-electron chi connectivity index (χ4n) is 3.62. The van der Waals surface area contributed by atoms with Crippen LogP contribution in [0.4, 0.5) is 13.2 Å². The predicted octanol–water partition coefficient (Wildman–Crippen LogP) is 3.20. The first kappa shape index (κ1) is 24.0. The van der Waals surface area contributed by atoms with Crippen LogP contribution in [0.15, 0.2) is 67.3 Å². The van der Waals surface area contributed by atoms with Crippen molar-refractivity contribution in [1.82, 2.24) is 20.2 Å². The highest BCUT2D eigenvalue weighted by molar-refractivity contribution is 5.91. The molecule has 1 aliphatic heterocycles. The lowest BCUT2D eigenvalue weighted by Gasteiger charge is -2.32. The number of rotatable bonds is 7. The van der Waals surface area contributed by atoms with Crippen molar-refractivity contribution in [2.75, 3.05) is 13.2 Å². The summed E-state index contributed by atoms with van der Waals surface area (Å²) in [6.07, 6.45) is 0.666. The third kappa shape index (κ3) is 5.86. The van der Waals surface area contributed by atoms with Gasteiger partial charge in [-0.05, 0) is 47.0 Å². The highest BCUT2D eigenvalue weighted by Gasteiger charge is 2.46. The molecule has 0 saturated heterocycles. The zero-order chi connectivity index (χ0) is 24.8. The number of carbonyl (C=O) groups is 2. The third-order valence-electron chi connectivity index (χ3n) is 5.24. The smallest absolute Gasteiger partial charge is 0.471 e. The van der Waals surface area contributed by atoms with Crippen LogP contribution in [0.25, 0.3) is 0 Å². The number of carbonyl (C=O) groups excluding carboxylic acids is 2. The number of nitrogens with zero attached hydrogens (tertiary/aromatic N) is 3. The summed E-state index contributed by atoms with van der Waals surface area (Å²) in [5.74, 6) is -2.26. The molecule has 1 unspecified atom stereocenters. The van der Waals surface area contributed by atoms with Crippen molar-refractivity contribution in [2.24, 2.45) is 0 Å². The van der Waals surface area contributed by atoms with Crippen LogP contribution in [-0.4, -0.2) is 46.1 Å². The number of halogens is 3. The number of fused-ring (bicyclic) bond motifs is 1. The molecule has 3 heterocycles. The number of pyridine rings is 2. The topological polar surface area (TPSA) is 93.7 Å². The van der Waals surface area contributed by atoms with Crippen molar-refractivity contribution < 1.29 is 32.2 Å². The van der Waals surface area contributed by atoms with Gasteiger partial charge < -0.3 is 19.7 Å². The first-order valence-electron chi connectivity index (χ1n) is 10.7. The summed E-state index contributed by atoms with van der Waals surface area (Å²) >= 11 is 0. The Labute approximate surface area is 198 Å². The minimum atomic E-state index is -5.21. The molecule has 1 N–H and O–H groups in total. The highest BCUT2D eigenvalue weighted by atomic mass is 19.4. The predicted molar refractivity (Wildman–Crippen MR) is 117 cm³/mol. The fraction of sp³-hybridized carbons (Fsp3) is 0.250. The fourth-order valence-corrected chi connectivity index (χ4v) is 3.62. The Hall–Kier alpha value is -4.15. The molecule has 1 aromatic carbocycles. The van der Waals surface area contributed by atoms with E-state index in [1.54, 1.807) is 18.3 Å². The number of ether oxygens (including phenoxy) is 2. The van der Waals surface area contributed by atoms with Gasteiger partial charge in [0.1, 0.15) is 19.3 Å². The van der Waals surface area contributed by atoms with Crippen LogP contribution in [-0.2, 0) is 22.7 Å². The molecule has 35 heavy (non-hydrogen) atoms. The zero-order valence-corrected chi connectivity index (χ0v) is 18.4. The zero-order valence-electron chi connectivity index (χ0n) is 18.4. The summed E-state index contributed by atoms with van der Waals surface area (Å²) in [4.78, 5) is 34.3. The summed E-state index contributed by atoms with van der Waals surface area (Å²) in [5.41, 5.74) is 1.16. The molecule has 2 aromatic heterocycles. The molecule has 0 bridgehead atoms. The Kier molecular flexibility index (Phi) is 7.14. The van der Waals surface area contributed by atoms with Crippen molar-refractivity contribution in [3.05, 3.63) is 83.9 Å². The van der Waals surface area contributed by atoms with Crippen molar-refractivity contribution >= 4 is 11.8 Å². The molecule has 8 nitrogen and oxygen atoms in total. The van der Waals surface area contributed by atoms with Gasteiger partial charge in [0, 0.05) is 37.9 Å². The molecule has 1 aliphatic rings. The maximum atomic E-state index is 13.7. The number of amides is 2. The van der Waals surface area contributed by atoms with Crippen LogP contribution >= 0.6 is 0 Å². The van der Waals surface area contributed by atoms with Crippen molar-refractivity contribution in [3.8, 4) is 11.5 Å². The van der Waals surface area contributed by atoms with Gasteiger partial charge in [0.25, 0.3) is 0 Å². The normalized spacial score (nSPS) is 13.6. The Morgan fingerprint density at radius 3 is 2.40 bits per heavy atom. The number of alkyl halides is 3. The van der Waals surface area contributed by atoms with Gasteiger partial charge in [-0.1, -0.05) is 12.1 Å². The lowest BCUT2D eigenvalue weighted by Crippen LogP contribution is -2.48. The van der Waals surface area contributed by atoms with Gasteiger partial charge in [-0.15, -0.1) is 0 Å². The van der Waals surface area contributed by atoms with E-state index < -0.39 is 30.6 Å². The minimum Gasteiger partial charge on any atom is -0.486 e. The lowest BCUT2D eigenvalue weighted by atomic mass is 10.0. The van der Waals surface area contributed by atoms with Gasteiger partial charge in [-0.2, -0.15) is 13.2 Å². The van der Waals surface area contributed by atoms with E-state index in [1.807, 2.05) is 0 Å². The molecule has 0 saturated carbocycles. The van der Waals surface area contributed by atoms with Crippen LogP contribution in [0.2, 0.25) is 0 Å². The molecule has 2 amide bonds. The molecular weight excluding hydrogens is 465 g/mol. The average Bonchev–Trinajstić information content (AvgIpc) is 2.87. The van der Waals surface area contributed by atoms with Crippen LogP contribution in [0.3, 0.4) is 0 Å². The van der Waals surface area contributed by atoms with Gasteiger partial charge in [-0.25, -0.2) is 0 Å². The van der Waals surface area contributed by atoms with E-state index in [-0.39, 0.29) is 24.5 Å². The van der Waals surface area contributed by atoms with Gasteiger partial charge in [0.05, 0.1) is 0 Å². The molecule has 3 aromatic rings. The summed E-state index contributed by atoms with van der Waals surface area (Å²) in [7, 11) is 0. The molecule has 0 aliphatic carbocycles. The lowest BCUT2D eigenvalue weighted by molar-refractivity contribution is -0.189. The van der Waals surface area contributed by atoms with Gasteiger partial charge in [0.2, 0.25) is 5.91 Å². The molecule has 11 heteroatoms. The van der Waals surface area contributed by atoms with E-state index in [9.17, 15) is 22.8 Å². The SMILES string of the molecule is O=C(NCc1cccnc1)C(c1ccc2c(c1)OCCO2)N(Cc1ccncc1)C(=O)C(F)(F)F. The first-order chi connectivity index (χ1) is 16.8. The van der Waals surface area contributed by atoms with Gasteiger partial charge in [0.15, 0.2) is 11.5 Å². The number of hydrogen-bond acceptors (Lipinski definition) is 6. The molecule has 182 valence electrons. The second-order valence-electron chi connectivity index (χ2n) is 7.67. The molecule has 0 fully saturated rings. The van der Waals surface area contributed by atoms with E-state index in [0.717, 1.165) is 0 Å². The molecule has 0 spiro atoms. The molecule has 1 atom stereocenters. The molecule has 0 radical (unpaired) electrons. The quantitative estimate of drug-likeness (QED) is 0.552. The summed E-state index contributed by atoms with van der Waals surface area (Å²) in [6.45, 7) is 0.107. The first-order valence-corrected chi connectivity index (χ1v) is 10.7. The minimum absolute atomic E-state index is 0.0109. The number of benzene rings is 1. The van der Waals surface area contributed by atoms with Gasteiger partial charge >= 0.3 is 12.1 Å². The van der Waals surface area contributed by atoms with E-state index >= 15 is 0 Å². The summed E-state index contributed by atoms with van der Waals surface area (Å²) in [6, 6.07) is 9.11. The summed E-state index contributed by atoms with van der Waals surface area (Å²) in [5, 5.41) is 2.63. The molecular formula is C24H21F3N4O4. The number of hydrogen-bond donors (Lipinski definition) is 1. The highest BCUT2D eigenvalue weighted by Crippen LogP contribution is 2.36. The maximum absolute atomic E-state index is 13.7. The second kappa shape index (κ2) is 10.4. The molecule has 4 rings (SSSR count). The van der Waals surface area contributed by atoms with Crippen LogP contribution < -0.4 is 14.8 Å². The van der Waals surface area contributed by atoms with Crippen molar-refractivity contribution in [1.29, 1.82) is 0 Å².